The van der Waals surface area contributed by atoms with Crippen LogP contribution in [-0.2, 0) is 11.5 Å². The number of fused-ring (bicyclic) bond motifs is 1. The van der Waals surface area contributed by atoms with Crippen LogP contribution in [0.5, 0.6) is 0 Å². The Hall–Kier alpha value is -1.89. The molecule has 1 aromatic carbocycles. The van der Waals surface area contributed by atoms with Gasteiger partial charge in [0.1, 0.15) is 6.73 Å². The number of nitrogens with zero attached hydrogens (tertiary/aromatic N) is 3. The molecule has 0 aliphatic carbocycles. The molecule has 132 valence electrons. The molecule has 5 nitrogen and oxygen atoms in total. The number of para-hydroxylation sites is 1. The average molecular weight is 375 g/mol. The Labute approximate surface area is 153 Å². The van der Waals surface area contributed by atoms with Gasteiger partial charge in [0.2, 0.25) is 5.28 Å². The Bertz CT molecular complexity index is 888. The van der Waals surface area contributed by atoms with Gasteiger partial charge >= 0.3 is 0 Å². The van der Waals surface area contributed by atoms with Crippen LogP contribution in [0.1, 0.15) is 0 Å². The largest absolute Gasteiger partial charge is 0.397 e. The number of nitrogen functional groups attached to an aromatic ring is 1. The molecule has 0 aliphatic heterocycles. The molecule has 0 bridgehead atoms. The highest BCUT2D eigenvalue weighted by Crippen LogP contribution is 2.33. The molecule has 2 aromatic heterocycles. The van der Waals surface area contributed by atoms with Gasteiger partial charge in [0.15, 0.2) is 0 Å². The maximum atomic E-state index is 6.22. The fourth-order valence-electron chi connectivity index (χ4n) is 2.72. The first kappa shape index (κ1) is 17.9. The maximum Gasteiger partial charge on any atom is 0.222 e. The molecule has 0 saturated heterocycles. The quantitative estimate of drug-likeness (QED) is 0.295. The number of hydrogen-bond donors (Lipinski definition) is 1. The lowest BCUT2D eigenvalue weighted by Gasteiger charge is -2.16. The summed E-state index contributed by atoms with van der Waals surface area (Å²) >= 11 is 5.95. The average Bonchev–Trinajstić information content (AvgIpc) is 2.91. The number of hydrogen-bond acceptors (Lipinski definition) is 4. The summed E-state index contributed by atoms with van der Waals surface area (Å²) in [5.41, 5.74) is 9.65. The van der Waals surface area contributed by atoms with Gasteiger partial charge < -0.3 is 15.0 Å². The van der Waals surface area contributed by atoms with E-state index in [0.717, 1.165) is 40.5 Å². The molecule has 3 aromatic rings. The number of anilines is 1. The number of halogens is 1. The molecule has 0 atom stereocenters. The molecule has 25 heavy (non-hydrogen) atoms. The second-order valence-corrected chi connectivity index (χ2v) is 13.3. The molecule has 7 heteroatoms. The van der Waals surface area contributed by atoms with Crippen LogP contribution in [0.4, 0.5) is 5.69 Å². The van der Waals surface area contributed by atoms with Gasteiger partial charge in [0.05, 0.1) is 16.9 Å². The van der Waals surface area contributed by atoms with Crippen molar-refractivity contribution in [1.82, 2.24) is 14.5 Å². The Kier molecular flexibility index (Phi) is 5.13. The maximum absolute atomic E-state index is 6.22. The minimum Gasteiger partial charge on any atom is -0.397 e. The van der Waals surface area contributed by atoms with Gasteiger partial charge in [0.25, 0.3) is 0 Å². The van der Waals surface area contributed by atoms with E-state index in [1.807, 2.05) is 35.0 Å². The van der Waals surface area contributed by atoms with E-state index in [0.29, 0.717) is 6.73 Å². The predicted octanol–water partition coefficient (Wildman–Crippen LogP) is 4.65. The zero-order chi connectivity index (χ0) is 18.0. The summed E-state index contributed by atoms with van der Waals surface area (Å²) in [5, 5.41) is 1.26. The van der Waals surface area contributed by atoms with Crippen LogP contribution in [0, 0.1) is 0 Å². The molecule has 0 unspecified atom stereocenters. The highest BCUT2D eigenvalue weighted by Gasteiger charge is 2.15. The molecule has 0 spiro atoms. The van der Waals surface area contributed by atoms with E-state index in [1.165, 1.54) is 0 Å². The second-order valence-electron chi connectivity index (χ2n) is 7.31. The van der Waals surface area contributed by atoms with Crippen LogP contribution in [0.25, 0.3) is 22.2 Å². The van der Waals surface area contributed by atoms with Gasteiger partial charge in [-0.2, -0.15) is 0 Å². The van der Waals surface area contributed by atoms with E-state index in [2.05, 4.69) is 29.6 Å². The third-order valence-electron chi connectivity index (χ3n) is 4.06. The van der Waals surface area contributed by atoms with Crippen LogP contribution in [0.2, 0.25) is 31.0 Å². The molecule has 0 amide bonds. The summed E-state index contributed by atoms with van der Waals surface area (Å²) in [6, 6.07) is 8.86. The van der Waals surface area contributed by atoms with E-state index in [-0.39, 0.29) is 5.28 Å². The first-order valence-electron chi connectivity index (χ1n) is 8.29. The van der Waals surface area contributed by atoms with Crippen molar-refractivity contribution in [2.45, 2.75) is 32.4 Å². The lowest BCUT2D eigenvalue weighted by atomic mass is 10.1. The molecule has 2 N–H and O–H groups in total. The van der Waals surface area contributed by atoms with Crippen molar-refractivity contribution in [1.29, 1.82) is 0 Å². The third kappa shape index (κ3) is 4.20. The van der Waals surface area contributed by atoms with Crippen molar-refractivity contribution < 1.29 is 4.74 Å². The second kappa shape index (κ2) is 7.15. The Balaban J connectivity index is 1.93. The topological polar surface area (TPSA) is 66.0 Å². The van der Waals surface area contributed by atoms with Crippen molar-refractivity contribution in [3.8, 4) is 11.3 Å². The SMILES string of the molecule is C[Si](C)(C)CCOCn1cc(-c2ccnc(Cl)n2)c2cccc(N)c21. The summed E-state index contributed by atoms with van der Waals surface area (Å²) in [7, 11) is -1.10. The number of nitrogens with two attached hydrogens (primary N) is 1. The van der Waals surface area contributed by atoms with Crippen LogP contribution in [0.3, 0.4) is 0 Å². The molecule has 0 fully saturated rings. The monoisotopic (exact) mass is 374 g/mol. The third-order valence-corrected chi connectivity index (χ3v) is 5.94. The first-order valence-corrected chi connectivity index (χ1v) is 12.4. The number of rotatable bonds is 6. The minimum atomic E-state index is -1.10. The van der Waals surface area contributed by atoms with Crippen molar-refractivity contribution in [3.63, 3.8) is 0 Å². The molecule has 3 rings (SSSR count). The van der Waals surface area contributed by atoms with Crippen LogP contribution < -0.4 is 5.73 Å². The van der Waals surface area contributed by atoms with Gasteiger partial charge in [0, 0.05) is 38.0 Å². The zero-order valence-corrected chi connectivity index (χ0v) is 16.5. The van der Waals surface area contributed by atoms with Gasteiger partial charge in [-0.3, -0.25) is 0 Å². The number of aromatic nitrogens is 3. The fourth-order valence-corrected chi connectivity index (χ4v) is 3.63. The van der Waals surface area contributed by atoms with Gasteiger partial charge in [-0.25, -0.2) is 9.97 Å². The molecule has 0 radical (unpaired) electrons. The number of ether oxygens (including phenoxy) is 1. The van der Waals surface area contributed by atoms with Crippen molar-refractivity contribution in [3.05, 3.63) is 41.9 Å². The fraction of sp³-hybridized carbons (Fsp3) is 0.333. The summed E-state index contributed by atoms with van der Waals surface area (Å²) in [4.78, 5) is 8.29. The standard InChI is InChI=1S/C18H23ClN4OSi/c1-25(2,3)10-9-24-12-23-11-14(16-7-8-21-18(19)22-16)13-5-4-6-15(20)17(13)23/h4-8,11H,9-10,12,20H2,1-3H3. The zero-order valence-electron chi connectivity index (χ0n) is 14.8. The molecule has 2 heterocycles. The molecule has 0 saturated carbocycles. The highest BCUT2D eigenvalue weighted by molar-refractivity contribution is 6.76. The van der Waals surface area contributed by atoms with Gasteiger partial charge in [-0.1, -0.05) is 31.8 Å². The number of benzene rings is 1. The normalized spacial score (nSPS) is 12.0. The highest BCUT2D eigenvalue weighted by atomic mass is 35.5. The summed E-state index contributed by atoms with van der Waals surface area (Å²) < 4.78 is 7.96. The van der Waals surface area contributed by atoms with E-state index < -0.39 is 8.07 Å². The van der Waals surface area contributed by atoms with E-state index in [4.69, 9.17) is 22.1 Å². The molecule has 0 aliphatic rings. The Morgan fingerprint density at radius 2 is 2.04 bits per heavy atom. The first-order chi connectivity index (χ1) is 11.8. The van der Waals surface area contributed by atoms with E-state index in [1.54, 1.807) is 6.20 Å². The van der Waals surface area contributed by atoms with Crippen LogP contribution in [0.15, 0.2) is 36.7 Å². The summed E-state index contributed by atoms with van der Waals surface area (Å²) in [6.45, 7) is 8.26. The Morgan fingerprint density at radius 1 is 1.24 bits per heavy atom. The predicted molar refractivity (Wildman–Crippen MR) is 106 cm³/mol. The van der Waals surface area contributed by atoms with Crippen molar-refractivity contribution in [2.24, 2.45) is 0 Å². The lowest BCUT2D eigenvalue weighted by Crippen LogP contribution is -2.22. The Morgan fingerprint density at radius 3 is 2.76 bits per heavy atom. The van der Waals surface area contributed by atoms with Crippen LogP contribution >= 0.6 is 11.6 Å². The molecular weight excluding hydrogens is 352 g/mol. The lowest BCUT2D eigenvalue weighted by molar-refractivity contribution is 0.0903. The summed E-state index contributed by atoms with van der Waals surface area (Å²) in [5.74, 6) is 0. The molecular formula is C18H23ClN4OSi. The minimum absolute atomic E-state index is 0.230. The van der Waals surface area contributed by atoms with E-state index >= 15 is 0 Å². The van der Waals surface area contributed by atoms with Crippen molar-refractivity contribution >= 4 is 36.3 Å². The van der Waals surface area contributed by atoms with Gasteiger partial charge in [-0.15, -0.1) is 0 Å². The summed E-state index contributed by atoms with van der Waals surface area (Å²) in [6.07, 6.45) is 3.68. The van der Waals surface area contributed by atoms with Crippen LogP contribution in [-0.4, -0.2) is 29.2 Å². The van der Waals surface area contributed by atoms with E-state index in [9.17, 15) is 0 Å². The smallest absolute Gasteiger partial charge is 0.222 e. The van der Waals surface area contributed by atoms with Gasteiger partial charge in [-0.05, 0) is 29.8 Å². The van der Waals surface area contributed by atoms with Crippen molar-refractivity contribution in [2.75, 3.05) is 12.3 Å².